The molecule has 1 atom stereocenters. The lowest BCUT2D eigenvalue weighted by Gasteiger charge is -2.34. The van der Waals surface area contributed by atoms with Gasteiger partial charge in [-0.25, -0.2) is 9.97 Å². The molecular formula is C21H29N5O3. The molecule has 0 radical (unpaired) electrons. The number of amides is 1. The largest absolute Gasteiger partial charge is 0.493 e. The molecule has 2 saturated heterocycles. The molecule has 1 N–H and O–H groups in total. The summed E-state index contributed by atoms with van der Waals surface area (Å²) in [7, 11) is 3.27. The normalized spacial score (nSPS) is 20.2. The van der Waals surface area contributed by atoms with Crippen LogP contribution in [0.2, 0.25) is 0 Å². The highest BCUT2D eigenvalue weighted by Gasteiger charge is 2.29. The minimum Gasteiger partial charge on any atom is -0.493 e. The number of nitrogens with one attached hydrogen (secondary N) is 1. The predicted molar refractivity (Wildman–Crippen MR) is 112 cm³/mol. The van der Waals surface area contributed by atoms with Gasteiger partial charge in [-0.3, -0.25) is 9.69 Å². The maximum absolute atomic E-state index is 12.2. The van der Waals surface area contributed by atoms with Gasteiger partial charge < -0.3 is 19.7 Å². The number of carbonyl (C=O) groups excluding carboxylic acids is 1. The van der Waals surface area contributed by atoms with Crippen LogP contribution in [0.25, 0.3) is 10.9 Å². The number of piperazine rings is 1. The van der Waals surface area contributed by atoms with Gasteiger partial charge in [0, 0.05) is 37.6 Å². The molecule has 2 aliphatic heterocycles. The summed E-state index contributed by atoms with van der Waals surface area (Å²) in [6.07, 6.45) is 3.10. The lowest BCUT2D eigenvalue weighted by Crippen LogP contribution is -2.54. The van der Waals surface area contributed by atoms with Crippen molar-refractivity contribution in [3.8, 4) is 11.5 Å². The number of ether oxygens (including phenoxy) is 2. The van der Waals surface area contributed by atoms with Gasteiger partial charge in [0.1, 0.15) is 11.6 Å². The molecule has 8 heteroatoms. The first-order valence-corrected chi connectivity index (χ1v) is 10.3. The van der Waals surface area contributed by atoms with E-state index in [1.807, 2.05) is 19.1 Å². The summed E-state index contributed by atoms with van der Waals surface area (Å²) < 4.78 is 11.0. The molecule has 1 aromatic heterocycles. The minimum absolute atomic E-state index is 0.0886. The van der Waals surface area contributed by atoms with E-state index in [1.54, 1.807) is 14.2 Å². The van der Waals surface area contributed by atoms with Crippen LogP contribution in [0.4, 0.5) is 5.82 Å². The maximum atomic E-state index is 12.2. The Labute approximate surface area is 171 Å². The van der Waals surface area contributed by atoms with Gasteiger partial charge >= 0.3 is 0 Å². The number of aromatic nitrogens is 2. The first-order valence-electron chi connectivity index (χ1n) is 10.3. The summed E-state index contributed by atoms with van der Waals surface area (Å²) in [4.78, 5) is 26.5. The van der Waals surface area contributed by atoms with Crippen LogP contribution in [0.5, 0.6) is 11.5 Å². The molecule has 0 unspecified atom stereocenters. The van der Waals surface area contributed by atoms with Crippen LogP contribution in [-0.2, 0) is 11.3 Å². The maximum Gasteiger partial charge on any atom is 0.237 e. The van der Waals surface area contributed by atoms with Crippen molar-refractivity contribution in [2.75, 3.05) is 45.3 Å². The van der Waals surface area contributed by atoms with Crippen molar-refractivity contribution in [1.29, 1.82) is 0 Å². The smallest absolute Gasteiger partial charge is 0.237 e. The van der Waals surface area contributed by atoms with Crippen LogP contribution in [0.3, 0.4) is 0 Å². The quantitative estimate of drug-likeness (QED) is 0.795. The van der Waals surface area contributed by atoms with Crippen molar-refractivity contribution in [1.82, 2.24) is 20.2 Å². The molecule has 2 fully saturated rings. The van der Waals surface area contributed by atoms with Crippen LogP contribution < -0.4 is 19.7 Å². The first kappa shape index (κ1) is 19.7. The number of hydrogen-bond donors (Lipinski definition) is 1. The molecule has 156 valence electrons. The highest BCUT2D eigenvalue weighted by atomic mass is 16.5. The van der Waals surface area contributed by atoms with Crippen molar-refractivity contribution >= 4 is 22.6 Å². The second kappa shape index (κ2) is 8.41. The monoisotopic (exact) mass is 399 g/mol. The van der Waals surface area contributed by atoms with Gasteiger partial charge in [-0.05, 0) is 25.3 Å². The Bertz CT molecular complexity index is 898. The third-order valence-corrected chi connectivity index (χ3v) is 5.81. The van der Waals surface area contributed by atoms with Crippen LogP contribution in [-0.4, -0.2) is 67.2 Å². The van der Waals surface area contributed by atoms with Crippen LogP contribution in [0.1, 0.15) is 32.0 Å². The van der Waals surface area contributed by atoms with Crippen LogP contribution in [0, 0.1) is 0 Å². The van der Waals surface area contributed by atoms with Gasteiger partial charge in [-0.2, -0.15) is 0 Å². The Morgan fingerprint density at radius 1 is 1.10 bits per heavy atom. The van der Waals surface area contributed by atoms with Crippen molar-refractivity contribution in [3.63, 3.8) is 0 Å². The third kappa shape index (κ3) is 3.81. The van der Waals surface area contributed by atoms with Gasteiger partial charge in [0.2, 0.25) is 5.91 Å². The molecular weight excluding hydrogens is 370 g/mol. The summed E-state index contributed by atoms with van der Waals surface area (Å²) in [6.45, 7) is 6.03. The van der Waals surface area contributed by atoms with E-state index in [0.717, 1.165) is 48.6 Å². The fourth-order valence-corrected chi connectivity index (χ4v) is 4.30. The molecule has 0 spiro atoms. The highest BCUT2D eigenvalue weighted by Crippen LogP contribution is 2.36. The second-order valence-corrected chi connectivity index (χ2v) is 7.57. The van der Waals surface area contributed by atoms with Gasteiger partial charge in [-0.1, -0.05) is 6.92 Å². The molecule has 3 heterocycles. The van der Waals surface area contributed by atoms with Crippen molar-refractivity contribution in [3.05, 3.63) is 18.0 Å². The van der Waals surface area contributed by atoms with E-state index in [-0.39, 0.29) is 11.9 Å². The number of hydrogen-bond acceptors (Lipinski definition) is 7. The summed E-state index contributed by atoms with van der Waals surface area (Å²) >= 11 is 0. The SMILES string of the molecule is CC[C@H]1C(=O)NCCN1Cc1nc(N2CCCC2)c2cc(OC)c(OC)cc2n1. The summed E-state index contributed by atoms with van der Waals surface area (Å²) in [5.74, 6) is 3.10. The number of rotatable bonds is 6. The Balaban J connectivity index is 1.77. The van der Waals surface area contributed by atoms with Gasteiger partial charge in [0.15, 0.2) is 11.5 Å². The molecule has 0 bridgehead atoms. The van der Waals surface area contributed by atoms with E-state index in [9.17, 15) is 4.79 Å². The fourth-order valence-electron chi connectivity index (χ4n) is 4.30. The number of fused-ring (bicyclic) bond motifs is 1. The van der Waals surface area contributed by atoms with E-state index < -0.39 is 0 Å². The summed E-state index contributed by atoms with van der Waals surface area (Å²) in [5.41, 5.74) is 0.837. The topological polar surface area (TPSA) is 79.8 Å². The minimum atomic E-state index is -0.135. The van der Waals surface area contributed by atoms with E-state index in [2.05, 4.69) is 15.1 Å². The van der Waals surface area contributed by atoms with Crippen molar-refractivity contribution < 1.29 is 14.3 Å². The fraction of sp³-hybridized carbons (Fsp3) is 0.571. The third-order valence-electron chi connectivity index (χ3n) is 5.81. The van der Waals surface area contributed by atoms with Gasteiger partial charge in [-0.15, -0.1) is 0 Å². The Morgan fingerprint density at radius 2 is 1.83 bits per heavy atom. The molecule has 0 saturated carbocycles. The lowest BCUT2D eigenvalue weighted by atomic mass is 10.1. The highest BCUT2D eigenvalue weighted by molar-refractivity contribution is 5.92. The molecule has 2 aromatic rings. The summed E-state index contributed by atoms with van der Waals surface area (Å²) in [6, 6.07) is 3.75. The zero-order chi connectivity index (χ0) is 20.4. The zero-order valence-electron chi connectivity index (χ0n) is 17.4. The standard InChI is InChI=1S/C21H29N5O3/c1-4-16-21(27)22-7-10-26(16)13-19-23-15-12-18(29-3)17(28-2)11-14(15)20(24-19)25-8-5-6-9-25/h11-12,16H,4-10,13H2,1-3H3,(H,22,27)/t16-/m0/s1. The molecule has 0 aliphatic carbocycles. The molecule has 29 heavy (non-hydrogen) atoms. The van der Waals surface area contributed by atoms with E-state index in [0.29, 0.717) is 24.6 Å². The average molecular weight is 399 g/mol. The predicted octanol–water partition coefficient (Wildman–Crippen LogP) is 1.96. The van der Waals surface area contributed by atoms with E-state index in [1.165, 1.54) is 12.8 Å². The van der Waals surface area contributed by atoms with E-state index in [4.69, 9.17) is 19.4 Å². The van der Waals surface area contributed by atoms with E-state index >= 15 is 0 Å². The molecule has 8 nitrogen and oxygen atoms in total. The first-order chi connectivity index (χ1) is 14.1. The number of anilines is 1. The number of methoxy groups -OCH3 is 2. The molecule has 2 aliphatic rings. The Morgan fingerprint density at radius 3 is 2.52 bits per heavy atom. The molecule has 1 aromatic carbocycles. The second-order valence-electron chi connectivity index (χ2n) is 7.57. The Kier molecular flexibility index (Phi) is 5.71. The molecule has 1 amide bonds. The average Bonchev–Trinajstić information content (AvgIpc) is 3.27. The number of carbonyl (C=O) groups is 1. The zero-order valence-corrected chi connectivity index (χ0v) is 17.4. The number of benzene rings is 1. The van der Waals surface area contributed by atoms with Crippen molar-refractivity contribution in [2.45, 2.75) is 38.8 Å². The lowest BCUT2D eigenvalue weighted by molar-refractivity contribution is -0.129. The van der Waals surface area contributed by atoms with Gasteiger partial charge in [0.25, 0.3) is 0 Å². The van der Waals surface area contributed by atoms with Crippen molar-refractivity contribution in [2.24, 2.45) is 0 Å². The Hall–Kier alpha value is -2.61. The van der Waals surface area contributed by atoms with Crippen LogP contribution in [0.15, 0.2) is 12.1 Å². The van der Waals surface area contributed by atoms with Gasteiger partial charge in [0.05, 0.1) is 32.3 Å². The van der Waals surface area contributed by atoms with Crippen LogP contribution >= 0.6 is 0 Å². The molecule has 4 rings (SSSR count). The number of nitrogens with zero attached hydrogens (tertiary/aromatic N) is 4. The summed E-state index contributed by atoms with van der Waals surface area (Å²) in [5, 5.41) is 3.92.